The van der Waals surface area contributed by atoms with Gasteiger partial charge in [-0.1, -0.05) is 0 Å². The Labute approximate surface area is 124 Å². The van der Waals surface area contributed by atoms with E-state index in [-0.39, 0.29) is 6.07 Å². The molecule has 0 radical (unpaired) electrons. The molecule has 116 valence electrons. The van der Waals surface area contributed by atoms with Crippen LogP contribution in [0.15, 0.2) is 17.0 Å². The van der Waals surface area contributed by atoms with E-state index in [4.69, 9.17) is 20.2 Å². The zero-order chi connectivity index (χ0) is 15.6. The van der Waals surface area contributed by atoms with Gasteiger partial charge in [-0.25, -0.2) is 22.0 Å². The van der Waals surface area contributed by atoms with Crippen LogP contribution in [0.1, 0.15) is 23.2 Å². The van der Waals surface area contributed by atoms with E-state index in [2.05, 4.69) is 0 Å². The summed E-state index contributed by atoms with van der Waals surface area (Å²) in [5.41, 5.74) is -0.679. The number of carbonyl (C=O) groups excluding carboxylic acids is 1. The first kappa shape index (κ1) is 16.1. The van der Waals surface area contributed by atoms with Gasteiger partial charge in [0.05, 0.1) is 18.8 Å². The van der Waals surface area contributed by atoms with E-state index in [0.717, 1.165) is 0 Å². The Bertz CT molecular complexity index is 656. The van der Waals surface area contributed by atoms with Crippen LogP contribution < -0.4 is 0 Å². The Balaban J connectivity index is 2.28. The molecule has 1 aromatic carbocycles. The number of esters is 1. The molecule has 0 bridgehead atoms. The van der Waals surface area contributed by atoms with Crippen LogP contribution in [0.2, 0.25) is 0 Å². The fraction of sp³-hybridized carbons (Fsp3) is 0.417. The van der Waals surface area contributed by atoms with E-state index >= 15 is 0 Å². The molecule has 0 amide bonds. The van der Waals surface area contributed by atoms with Crippen LogP contribution in [0.3, 0.4) is 0 Å². The van der Waals surface area contributed by atoms with Crippen LogP contribution in [0.5, 0.6) is 0 Å². The SMILES string of the molecule is O=C(OC1CCOCC1)c1cc(S(=O)(=O)Cl)c(F)cc1F. The molecule has 1 fully saturated rings. The largest absolute Gasteiger partial charge is 0.459 e. The summed E-state index contributed by atoms with van der Waals surface area (Å²) in [6.07, 6.45) is 0.455. The minimum Gasteiger partial charge on any atom is -0.459 e. The Morgan fingerprint density at radius 2 is 1.86 bits per heavy atom. The first-order valence-electron chi connectivity index (χ1n) is 6.01. The molecule has 0 aromatic heterocycles. The predicted octanol–water partition coefficient (Wildman–Crippen LogP) is 2.23. The predicted molar refractivity (Wildman–Crippen MR) is 68.7 cm³/mol. The highest BCUT2D eigenvalue weighted by molar-refractivity contribution is 8.13. The maximum atomic E-state index is 13.6. The zero-order valence-electron chi connectivity index (χ0n) is 10.6. The van der Waals surface area contributed by atoms with E-state index in [1.165, 1.54) is 0 Å². The number of halogens is 3. The van der Waals surface area contributed by atoms with Crippen molar-refractivity contribution in [3.8, 4) is 0 Å². The number of rotatable bonds is 3. The lowest BCUT2D eigenvalue weighted by molar-refractivity contribution is -0.0162. The molecule has 0 spiro atoms. The molecule has 0 aliphatic carbocycles. The number of hydrogen-bond donors (Lipinski definition) is 0. The van der Waals surface area contributed by atoms with Crippen LogP contribution >= 0.6 is 10.7 Å². The van der Waals surface area contributed by atoms with Crippen LogP contribution in [0.25, 0.3) is 0 Å². The summed E-state index contributed by atoms with van der Waals surface area (Å²) in [6, 6.07) is 0.824. The smallest absolute Gasteiger partial charge is 0.341 e. The average molecular weight is 341 g/mol. The van der Waals surface area contributed by atoms with E-state index in [1.807, 2.05) is 0 Å². The van der Waals surface area contributed by atoms with E-state index in [9.17, 15) is 22.0 Å². The lowest BCUT2D eigenvalue weighted by atomic mass is 10.1. The van der Waals surface area contributed by atoms with Gasteiger partial charge in [-0.05, 0) is 6.07 Å². The Kier molecular flexibility index (Phi) is 4.80. The van der Waals surface area contributed by atoms with Gasteiger partial charge < -0.3 is 9.47 Å². The van der Waals surface area contributed by atoms with Gasteiger partial charge in [-0.3, -0.25) is 0 Å². The molecule has 5 nitrogen and oxygen atoms in total. The molecule has 0 saturated carbocycles. The topological polar surface area (TPSA) is 69.7 Å². The van der Waals surface area contributed by atoms with Crippen LogP contribution in [0.4, 0.5) is 8.78 Å². The summed E-state index contributed by atoms with van der Waals surface area (Å²) in [5.74, 6) is -3.65. The molecular formula is C12H11ClF2O5S. The first-order chi connectivity index (χ1) is 9.79. The summed E-state index contributed by atoms with van der Waals surface area (Å²) in [6.45, 7) is 0.816. The molecule has 21 heavy (non-hydrogen) atoms. The van der Waals surface area contributed by atoms with Crippen molar-refractivity contribution < 1.29 is 31.5 Å². The van der Waals surface area contributed by atoms with Crippen molar-refractivity contribution in [1.29, 1.82) is 0 Å². The zero-order valence-corrected chi connectivity index (χ0v) is 12.2. The van der Waals surface area contributed by atoms with Gasteiger partial charge in [0.25, 0.3) is 9.05 Å². The molecule has 2 rings (SSSR count). The third-order valence-corrected chi connectivity index (χ3v) is 4.28. The quantitative estimate of drug-likeness (QED) is 0.623. The first-order valence-corrected chi connectivity index (χ1v) is 8.32. The third-order valence-electron chi connectivity index (χ3n) is 2.95. The van der Waals surface area contributed by atoms with E-state index in [0.29, 0.717) is 32.1 Å². The monoisotopic (exact) mass is 340 g/mol. The molecule has 0 N–H and O–H groups in total. The molecule has 1 aliphatic heterocycles. The molecule has 0 unspecified atom stereocenters. The molecule has 1 saturated heterocycles. The van der Waals surface area contributed by atoms with Crippen molar-refractivity contribution in [2.45, 2.75) is 23.8 Å². The molecular weight excluding hydrogens is 330 g/mol. The summed E-state index contributed by atoms with van der Waals surface area (Å²) in [4.78, 5) is 10.9. The highest BCUT2D eigenvalue weighted by Crippen LogP contribution is 2.24. The number of benzene rings is 1. The Hall–Kier alpha value is -1.25. The fourth-order valence-electron chi connectivity index (χ4n) is 1.88. The molecule has 0 atom stereocenters. The van der Waals surface area contributed by atoms with Gasteiger partial charge in [-0.15, -0.1) is 0 Å². The molecule has 9 heteroatoms. The normalized spacial score (nSPS) is 16.7. The van der Waals surface area contributed by atoms with Gasteiger partial charge in [0.1, 0.15) is 22.6 Å². The lowest BCUT2D eigenvalue weighted by Gasteiger charge is -2.22. The van der Waals surface area contributed by atoms with Gasteiger partial charge >= 0.3 is 5.97 Å². The number of carbonyl (C=O) groups is 1. The van der Waals surface area contributed by atoms with Crippen molar-refractivity contribution in [3.63, 3.8) is 0 Å². The lowest BCUT2D eigenvalue weighted by Crippen LogP contribution is -2.26. The van der Waals surface area contributed by atoms with Gasteiger partial charge in [-0.2, -0.15) is 0 Å². The third kappa shape index (κ3) is 3.90. The summed E-state index contributed by atoms with van der Waals surface area (Å²) in [7, 11) is 0.589. The summed E-state index contributed by atoms with van der Waals surface area (Å²) in [5, 5.41) is 0. The van der Waals surface area contributed by atoms with Gasteiger partial charge in [0, 0.05) is 29.6 Å². The Morgan fingerprint density at radius 3 is 2.43 bits per heavy atom. The standard InChI is InChI=1S/C12H11ClF2O5S/c13-21(17,18)11-5-8(9(14)6-10(11)15)12(16)20-7-1-3-19-4-2-7/h5-7H,1-4H2. The minimum atomic E-state index is -4.44. The van der Waals surface area contributed by atoms with Crippen LogP contribution in [0, 0.1) is 11.6 Å². The number of ether oxygens (including phenoxy) is 2. The highest BCUT2D eigenvalue weighted by Gasteiger charge is 2.26. The highest BCUT2D eigenvalue weighted by atomic mass is 35.7. The van der Waals surface area contributed by atoms with Crippen LogP contribution in [-0.2, 0) is 18.5 Å². The molecule has 1 aliphatic rings. The maximum absolute atomic E-state index is 13.6. The fourth-order valence-corrected chi connectivity index (χ4v) is 2.79. The summed E-state index contributed by atoms with van der Waals surface area (Å²) < 4.78 is 59.4. The van der Waals surface area contributed by atoms with Crippen molar-refractivity contribution in [2.24, 2.45) is 0 Å². The van der Waals surface area contributed by atoms with Gasteiger partial charge in [0.15, 0.2) is 0 Å². The van der Waals surface area contributed by atoms with Gasteiger partial charge in [0.2, 0.25) is 0 Å². The number of hydrogen-bond acceptors (Lipinski definition) is 5. The van der Waals surface area contributed by atoms with Crippen LogP contribution in [-0.4, -0.2) is 33.7 Å². The van der Waals surface area contributed by atoms with E-state index < -0.39 is 43.2 Å². The molecule has 1 heterocycles. The van der Waals surface area contributed by atoms with Crippen molar-refractivity contribution in [3.05, 3.63) is 29.3 Å². The Morgan fingerprint density at radius 1 is 1.24 bits per heavy atom. The average Bonchev–Trinajstić information content (AvgIpc) is 2.38. The van der Waals surface area contributed by atoms with Crippen molar-refractivity contribution in [1.82, 2.24) is 0 Å². The summed E-state index contributed by atoms with van der Waals surface area (Å²) >= 11 is 0. The van der Waals surface area contributed by atoms with Crippen molar-refractivity contribution >= 4 is 25.7 Å². The maximum Gasteiger partial charge on any atom is 0.341 e. The van der Waals surface area contributed by atoms with E-state index in [1.54, 1.807) is 0 Å². The minimum absolute atomic E-state index is 0.288. The second-order valence-corrected chi connectivity index (χ2v) is 6.95. The molecule has 1 aromatic rings. The second-order valence-electron chi connectivity index (χ2n) is 4.42. The second kappa shape index (κ2) is 6.25. The van der Waals surface area contributed by atoms with Crippen molar-refractivity contribution in [2.75, 3.05) is 13.2 Å².